The molecule has 0 spiro atoms. The van der Waals surface area contributed by atoms with Crippen LogP contribution in [0.25, 0.3) is 0 Å². The van der Waals surface area contributed by atoms with Crippen LogP contribution in [0.4, 0.5) is 0 Å². The average molecular weight is 415 g/mol. The summed E-state index contributed by atoms with van der Waals surface area (Å²) in [5.74, 6) is 0.178. The van der Waals surface area contributed by atoms with E-state index < -0.39 is 15.4 Å². The van der Waals surface area contributed by atoms with Crippen molar-refractivity contribution < 1.29 is 13.2 Å². The lowest BCUT2D eigenvalue weighted by atomic mass is 9.72. The fourth-order valence-corrected chi connectivity index (χ4v) is 5.25. The van der Waals surface area contributed by atoms with Gasteiger partial charge in [-0.15, -0.1) is 0 Å². The van der Waals surface area contributed by atoms with Crippen molar-refractivity contribution in [3.8, 4) is 0 Å². The van der Waals surface area contributed by atoms with Crippen molar-refractivity contribution in [3.63, 3.8) is 0 Å². The molecule has 156 valence electrons. The standard InChI is InChI=1S/C23H30N2O3S/c1-3-24(19-20-11-7-5-8-12-20)22(26)23(21-13-9-6-10-14-21)15-17-25(18-16-23)29(27,28)4-2/h5-14H,3-4,15-19H2,1-2H3. The summed E-state index contributed by atoms with van der Waals surface area (Å²) in [6.45, 7) is 5.58. The Kier molecular flexibility index (Phi) is 6.75. The van der Waals surface area contributed by atoms with E-state index in [9.17, 15) is 13.2 Å². The molecular formula is C23H30N2O3S. The van der Waals surface area contributed by atoms with Gasteiger partial charge in [-0.3, -0.25) is 4.79 Å². The Bertz CT molecular complexity index is 906. The normalized spacial score (nSPS) is 17.0. The maximum absolute atomic E-state index is 13.8. The lowest BCUT2D eigenvalue weighted by molar-refractivity contribution is -0.139. The molecule has 1 aliphatic heterocycles. The minimum Gasteiger partial charge on any atom is -0.338 e. The molecule has 0 radical (unpaired) electrons. The summed E-state index contributed by atoms with van der Waals surface area (Å²) in [4.78, 5) is 15.7. The van der Waals surface area contributed by atoms with Gasteiger partial charge in [-0.05, 0) is 37.8 Å². The highest BCUT2D eigenvalue weighted by Gasteiger charge is 2.46. The molecule has 1 fully saturated rings. The van der Waals surface area contributed by atoms with Crippen LogP contribution in [-0.2, 0) is 26.8 Å². The summed E-state index contributed by atoms with van der Waals surface area (Å²) >= 11 is 0. The van der Waals surface area contributed by atoms with Gasteiger partial charge in [-0.2, -0.15) is 0 Å². The van der Waals surface area contributed by atoms with Gasteiger partial charge in [0.2, 0.25) is 15.9 Å². The summed E-state index contributed by atoms with van der Waals surface area (Å²) in [7, 11) is -3.25. The Hall–Kier alpha value is -2.18. The molecule has 0 aromatic heterocycles. The van der Waals surface area contributed by atoms with E-state index in [4.69, 9.17) is 0 Å². The molecule has 0 atom stereocenters. The van der Waals surface area contributed by atoms with Gasteiger partial charge in [0, 0.05) is 26.2 Å². The molecule has 1 saturated heterocycles. The topological polar surface area (TPSA) is 57.7 Å². The SMILES string of the molecule is CCN(Cc1ccccc1)C(=O)C1(c2ccccc2)CCN(S(=O)(=O)CC)CC1. The predicted molar refractivity (Wildman–Crippen MR) is 116 cm³/mol. The summed E-state index contributed by atoms with van der Waals surface area (Å²) < 4.78 is 26.2. The van der Waals surface area contributed by atoms with E-state index in [-0.39, 0.29) is 11.7 Å². The van der Waals surface area contributed by atoms with Crippen molar-refractivity contribution in [2.45, 2.75) is 38.6 Å². The van der Waals surface area contributed by atoms with E-state index in [1.165, 1.54) is 4.31 Å². The number of hydrogen-bond acceptors (Lipinski definition) is 3. The molecule has 0 N–H and O–H groups in total. The number of rotatable bonds is 7. The first kappa shape index (κ1) is 21.5. The van der Waals surface area contributed by atoms with Crippen molar-refractivity contribution in [2.75, 3.05) is 25.4 Å². The van der Waals surface area contributed by atoms with Crippen LogP contribution >= 0.6 is 0 Å². The maximum Gasteiger partial charge on any atom is 0.233 e. The maximum atomic E-state index is 13.8. The first-order chi connectivity index (χ1) is 13.9. The van der Waals surface area contributed by atoms with E-state index in [0.29, 0.717) is 39.0 Å². The zero-order valence-corrected chi connectivity index (χ0v) is 18.1. The highest BCUT2D eigenvalue weighted by atomic mass is 32.2. The molecule has 29 heavy (non-hydrogen) atoms. The van der Waals surface area contributed by atoms with Gasteiger partial charge in [0.05, 0.1) is 11.2 Å². The smallest absolute Gasteiger partial charge is 0.233 e. The van der Waals surface area contributed by atoms with Crippen LogP contribution in [0.15, 0.2) is 60.7 Å². The number of benzene rings is 2. The van der Waals surface area contributed by atoms with Crippen molar-refractivity contribution in [2.24, 2.45) is 0 Å². The number of carbonyl (C=O) groups excluding carboxylic acids is 1. The summed E-state index contributed by atoms with van der Waals surface area (Å²) in [5.41, 5.74) is 1.38. The molecule has 0 unspecified atom stereocenters. The van der Waals surface area contributed by atoms with E-state index in [1.807, 2.05) is 72.5 Å². The van der Waals surface area contributed by atoms with Crippen LogP contribution < -0.4 is 0 Å². The van der Waals surface area contributed by atoms with Crippen LogP contribution in [0.1, 0.15) is 37.8 Å². The Labute approximate surface area is 174 Å². The third-order valence-corrected chi connectivity index (χ3v) is 7.84. The molecule has 1 heterocycles. The monoisotopic (exact) mass is 414 g/mol. The van der Waals surface area contributed by atoms with Crippen molar-refractivity contribution >= 4 is 15.9 Å². The van der Waals surface area contributed by atoms with E-state index in [1.54, 1.807) is 6.92 Å². The second-order valence-corrected chi connectivity index (χ2v) is 9.81. The van der Waals surface area contributed by atoms with Crippen molar-refractivity contribution in [1.29, 1.82) is 0 Å². The zero-order valence-electron chi connectivity index (χ0n) is 17.3. The molecule has 0 bridgehead atoms. The Morgan fingerprint density at radius 1 is 0.966 bits per heavy atom. The molecule has 2 aromatic carbocycles. The van der Waals surface area contributed by atoms with E-state index >= 15 is 0 Å². The zero-order chi connectivity index (χ0) is 20.9. The van der Waals surface area contributed by atoms with Crippen LogP contribution in [0.2, 0.25) is 0 Å². The van der Waals surface area contributed by atoms with Gasteiger partial charge in [0.25, 0.3) is 0 Å². The number of nitrogens with zero attached hydrogens (tertiary/aromatic N) is 2. The first-order valence-electron chi connectivity index (χ1n) is 10.3. The predicted octanol–water partition coefficient (Wildman–Crippen LogP) is 3.42. The van der Waals surface area contributed by atoms with Gasteiger partial charge in [0.15, 0.2) is 0 Å². The molecule has 1 amide bonds. The fourth-order valence-electron chi connectivity index (χ4n) is 4.15. The number of hydrogen-bond donors (Lipinski definition) is 0. The molecule has 3 rings (SSSR count). The Balaban J connectivity index is 1.91. The Morgan fingerprint density at radius 3 is 2.03 bits per heavy atom. The number of amides is 1. The molecule has 1 aliphatic rings. The van der Waals surface area contributed by atoms with Crippen LogP contribution in [-0.4, -0.2) is 48.9 Å². The minimum absolute atomic E-state index is 0.0867. The van der Waals surface area contributed by atoms with Gasteiger partial charge >= 0.3 is 0 Å². The van der Waals surface area contributed by atoms with Crippen molar-refractivity contribution in [3.05, 3.63) is 71.8 Å². The van der Waals surface area contributed by atoms with Crippen molar-refractivity contribution in [1.82, 2.24) is 9.21 Å². The fraction of sp³-hybridized carbons (Fsp3) is 0.435. The van der Waals surface area contributed by atoms with Crippen LogP contribution in [0, 0.1) is 0 Å². The third-order valence-electron chi connectivity index (χ3n) is 5.96. The second kappa shape index (κ2) is 9.09. The second-order valence-electron chi connectivity index (χ2n) is 7.55. The van der Waals surface area contributed by atoms with E-state index in [2.05, 4.69) is 0 Å². The van der Waals surface area contributed by atoms with Gasteiger partial charge in [-0.1, -0.05) is 60.7 Å². The Morgan fingerprint density at radius 2 is 1.52 bits per heavy atom. The number of carbonyl (C=O) groups is 1. The number of likely N-dealkylation sites (N-methyl/N-ethyl adjacent to an activating group) is 1. The molecule has 0 aliphatic carbocycles. The first-order valence-corrected chi connectivity index (χ1v) is 11.9. The molecule has 2 aromatic rings. The molecule has 5 nitrogen and oxygen atoms in total. The van der Waals surface area contributed by atoms with Crippen LogP contribution in [0.3, 0.4) is 0 Å². The number of sulfonamides is 1. The highest BCUT2D eigenvalue weighted by molar-refractivity contribution is 7.89. The third kappa shape index (κ3) is 4.54. The molecular weight excluding hydrogens is 384 g/mol. The number of piperidine rings is 1. The molecule has 6 heteroatoms. The quantitative estimate of drug-likeness (QED) is 0.698. The van der Waals surface area contributed by atoms with Crippen LogP contribution in [0.5, 0.6) is 0 Å². The minimum atomic E-state index is -3.25. The highest BCUT2D eigenvalue weighted by Crippen LogP contribution is 2.38. The van der Waals surface area contributed by atoms with Gasteiger partial charge in [0.1, 0.15) is 0 Å². The van der Waals surface area contributed by atoms with Gasteiger partial charge in [-0.25, -0.2) is 12.7 Å². The summed E-state index contributed by atoms with van der Waals surface area (Å²) in [6.07, 6.45) is 1.00. The lowest BCUT2D eigenvalue weighted by Crippen LogP contribution is -2.53. The van der Waals surface area contributed by atoms with E-state index in [0.717, 1.165) is 11.1 Å². The summed E-state index contributed by atoms with van der Waals surface area (Å²) in [6, 6.07) is 19.8. The average Bonchev–Trinajstić information content (AvgIpc) is 2.78. The lowest BCUT2D eigenvalue weighted by Gasteiger charge is -2.43. The largest absolute Gasteiger partial charge is 0.338 e. The summed E-state index contributed by atoms with van der Waals surface area (Å²) in [5, 5.41) is 0. The van der Waals surface area contributed by atoms with Gasteiger partial charge < -0.3 is 4.90 Å². The molecule has 0 saturated carbocycles.